The lowest BCUT2D eigenvalue weighted by molar-refractivity contribution is 0.360. The number of nitrogen functional groups attached to an aromatic ring is 1. The maximum absolute atomic E-state index is 5.64. The van der Waals surface area contributed by atoms with Crippen LogP contribution >= 0.6 is 0 Å². The molecular formula is C14H23N. The highest BCUT2D eigenvalue weighted by Gasteiger charge is 2.08. The number of hydrogen-bond acceptors (Lipinski definition) is 1. The fraction of sp³-hybridized carbons (Fsp3) is 0.571. The Morgan fingerprint density at radius 3 is 2.13 bits per heavy atom. The Balaban J connectivity index is 2.23. The van der Waals surface area contributed by atoms with E-state index >= 15 is 0 Å². The summed E-state index contributed by atoms with van der Waals surface area (Å²) in [5, 5.41) is 0. The van der Waals surface area contributed by atoms with E-state index in [-0.39, 0.29) is 0 Å². The van der Waals surface area contributed by atoms with Crippen LogP contribution in [0.2, 0.25) is 0 Å². The van der Waals surface area contributed by atoms with Gasteiger partial charge in [-0.3, -0.25) is 0 Å². The van der Waals surface area contributed by atoms with E-state index < -0.39 is 0 Å². The average molecular weight is 205 g/mol. The van der Waals surface area contributed by atoms with E-state index in [1.165, 1.54) is 31.2 Å². The van der Waals surface area contributed by atoms with Crippen LogP contribution in [-0.2, 0) is 6.42 Å². The second-order valence-electron chi connectivity index (χ2n) is 5.51. The molecule has 0 aliphatic rings. The minimum absolute atomic E-state index is 0.473. The van der Waals surface area contributed by atoms with Gasteiger partial charge < -0.3 is 5.73 Å². The SMILES string of the molecule is CC(C)(C)CCCCc1ccc(N)cc1. The van der Waals surface area contributed by atoms with Gasteiger partial charge in [0.2, 0.25) is 0 Å². The molecule has 0 aliphatic heterocycles. The smallest absolute Gasteiger partial charge is 0.0314 e. The number of nitrogens with two attached hydrogens (primary N) is 1. The van der Waals surface area contributed by atoms with Gasteiger partial charge in [0.25, 0.3) is 0 Å². The number of hydrogen-bond donors (Lipinski definition) is 1. The van der Waals surface area contributed by atoms with Crippen molar-refractivity contribution in [1.29, 1.82) is 0 Å². The summed E-state index contributed by atoms with van der Waals surface area (Å²) < 4.78 is 0. The third-order valence-corrected chi connectivity index (χ3v) is 2.62. The standard InChI is InChI=1S/C14H23N/c1-14(2,3)11-5-4-6-12-7-9-13(15)10-8-12/h7-10H,4-6,11,15H2,1-3H3. The van der Waals surface area contributed by atoms with Crippen molar-refractivity contribution in [2.24, 2.45) is 5.41 Å². The van der Waals surface area contributed by atoms with E-state index in [1.807, 2.05) is 12.1 Å². The van der Waals surface area contributed by atoms with Crippen LogP contribution < -0.4 is 5.73 Å². The summed E-state index contributed by atoms with van der Waals surface area (Å²) >= 11 is 0. The van der Waals surface area contributed by atoms with Gasteiger partial charge in [-0.1, -0.05) is 39.3 Å². The molecule has 0 heterocycles. The molecule has 15 heavy (non-hydrogen) atoms. The third-order valence-electron chi connectivity index (χ3n) is 2.62. The summed E-state index contributed by atoms with van der Waals surface area (Å²) in [5.41, 5.74) is 8.37. The minimum Gasteiger partial charge on any atom is -0.399 e. The summed E-state index contributed by atoms with van der Waals surface area (Å²) in [7, 11) is 0. The van der Waals surface area contributed by atoms with E-state index in [1.54, 1.807) is 0 Å². The first kappa shape index (κ1) is 12.1. The molecule has 0 unspecified atom stereocenters. The molecule has 0 radical (unpaired) electrons. The predicted molar refractivity (Wildman–Crippen MR) is 67.9 cm³/mol. The monoisotopic (exact) mass is 205 g/mol. The van der Waals surface area contributed by atoms with Gasteiger partial charge >= 0.3 is 0 Å². The van der Waals surface area contributed by atoms with Crippen molar-refractivity contribution in [1.82, 2.24) is 0 Å². The van der Waals surface area contributed by atoms with Gasteiger partial charge in [0, 0.05) is 5.69 Å². The first-order chi connectivity index (χ1) is 6.97. The Bertz CT molecular complexity index is 279. The van der Waals surface area contributed by atoms with E-state index in [0.717, 1.165) is 5.69 Å². The largest absolute Gasteiger partial charge is 0.399 e. The number of anilines is 1. The zero-order chi connectivity index (χ0) is 11.3. The molecule has 0 spiro atoms. The molecule has 0 atom stereocenters. The van der Waals surface area contributed by atoms with Crippen LogP contribution in [0.25, 0.3) is 0 Å². The zero-order valence-electron chi connectivity index (χ0n) is 10.2. The summed E-state index contributed by atoms with van der Waals surface area (Å²) in [6.07, 6.45) is 5.08. The highest BCUT2D eigenvalue weighted by molar-refractivity contribution is 5.39. The lowest BCUT2D eigenvalue weighted by Gasteiger charge is -2.17. The van der Waals surface area contributed by atoms with E-state index in [4.69, 9.17) is 5.73 Å². The number of unbranched alkanes of at least 4 members (excludes halogenated alkanes) is 1. The predicted octanol–water partition coefficient (Wildman–Crippen LogP) is 4.03. The maximum atomic E-state index is 5.64. The van der Waals surface area contributed by atoms with Crippen LogP contribution in [-0.4, -0.2) is 0 Å². The zero-order valence-corrected chi connectivity index (χ0v) is 10.2. The minimum atomic E-state index is 0.473. The summed E-state index contributed by atoms with van der Waals surface area (Å²) in [4.78, 5) is 0. The lowest BCUT2D eigenvalue weighted by Crippen LogP contribution is -2.04. The van der Waals surface area contributed by atoms with Crippen molar-refractivity contribution in [2.75, 3.05) is 5.73 Å². The molecule has 0 aromatic heterocycles. The van der Waals surface area contributed by atoms with Crippen LogP contribution in [0.15, 0.2) is 24.3 Å². The van der Waals surface area contributed by atoms with Gasteiger partial charge in [-0.15, -0.1) is 0 Å². The number of rotatable bonds is 4. The Labute approximate surface area is 93.7 Å². The molecule has 1 rings (SSSR count). The van der Waals surface area contributed by atoms with Gasteiger partial charge in [-0.2, -0.15) is 0 Å². The molecule has 0 saturated heterocycles. The van der Waals surface area contributed by atoms with E-state index in [2.05, 4.69) is 32.9 Å². The second kappa shape index (κ2) is 5.20. The Kier molecular flexibility index (Phi) is 4.19. The summed E-state index contributed by atoms with van der Waals surface area (Å²) in [6.45, 7) is 6.91. The topological polar surface area (TPSA) is 26.0 Å². The lowest BCUT2D eigenvalue weighted by atomic mass is 9.89. The maximum Gasteiger partial charge on any atom is 0.0314 e. The molecule has 84 valence electrons. The van der Waals surface area contributed by atoms with Crippen LogP contribution in [0.1, 0.15) is 45.6 Å². The van der Waals surface area contributed by atoms with Crippen molar-refractivity contribution < 1.29 is 0 Å². The molecule has 1 heteroatoms. The molecule has 2 N–H and O–H groups in total. The van der Waals surface area contributed by atoms with Gasteiger partial charge in [0.1, 0.15) is 0 Å². The van der Waals surface area contributed by atoms with Gasteiger partial charge in [0.15, 0.2) is 0 Å². The van der Waals surface area contributed by atoms with E-state index in [9.17, 15) is 0 Å². The molecule has 0 amide bonds. The van der Waals surface area contributed by atoms with Crippen molar-refractivity contribution in [3.8, 4) is 0 Å². The molecule has 0 bridgehead atoms. The van der Waals surface area contributed by atoms with E-state index in [0.29, 0.717) is 5.41 Å². The highest BCUT2D eigenvalue weighted by Crippen LogP contribution is 2.22. The Morgan fingerprint density at radius 1 is 1.00 bits per heavy atom. The van der Waals surface area contributed by atoms with Crippen LogP contribution in [0.5, 0.6) is 0 Å². The van der Waals surface area contributed by atoms with Crippen LogP contribution in [0, 0.1) is 5.41 Å². The Morgan fingerprint density at radius 2 is 1.60 bits per heavy atom. The first-order valence-electron chi connectivity index (χ1n) is 5.82. The summed E-state index contributed by atoms with van der Waals surface area (Å²) in [5.74, 6) is 0. The fourth-order valence-corrected chi connectivity index (χ4v) is 1.67. The quantitative estimate of drug-likeness (QED) is 0.583. The van der Waals surface area contributed by atoms with Gasteiger partial charge in [-0.05, 0) is 42.4 Å². The molecule has 0 saturated carbocycles. The number of aryl methyl sites for hydroxylation is 1. The van der Waals surface area contributed by atoms with Gasteiger partial charge in [-0.25, -0.2) is 0 Å². The average Bonchev–Trinajstić information content (AvgIpc) is 2.14. The van der Waals surface area contributed by atoms with Crippen molar-refractivity contribution in [3.05, 3.63) is 29.8 Å². The molecular weight excluding hydrogens is 182 g/mol. The van der Waals surface area contributed by atoms with Crippen LogP contribution in [0.4, 0.5) is 5.69 Å². The van der Waals surface area contributed by atoms with Crippen LogP contribution in [0.3, 0.4) is 0 Å². The normalized spacial score (nSPS) is 11.7. The van der Waals surface area contributed by atoms with Crippen molar-refractivity contribution >= 4 is 5.69 Å². The molecule has 1 aromatic carbocycles. The highest BCUT2D eigenvalue weighted by atomic mass is 14.5. The van der Waals surface area contributed by atoms with Crippen molar-refractivity contribution in [3.63, 3.8) is 0 Å². The summed E-state index contributed by atoms with van der Waals surface area (Å²) in [6, 6.07) is 8.23. The molecule has 0 aliphatic carbocycles. The first-order valence-corrected chi connectivity index (χ1v) is 5.82. The molecule has 1 aromatic rings. The van der Waals surface area contributed by atoms with Gasteiger partial charge in [0.05, 0.1) is 0 Å². The second-order valence-corrected chi connectivity index (χ2v) is 5.51. The third kappa shape index (κ3) is 5.46. The van der Waals surface area contributed by atoms with Crippen molar-refractivity contribution in [2.45, 2.75) is 46.5 Å². The molecule has 0 fully saturated rings. The molecule has 1 nitrogen and oxygen atoms in total. The fourth-order valence-electron chi connectivity index (χ4n) is 1.67. The number of benzene rings is 1. The Hall–Kier alpha value is -0.980.